The minimum absolute atomic E-state index is 0.321. The lowest BCUT2D eigenvalue weighted by Crippen LogP contribution is -1.99. The summed E-state index contributed by atoms with van der Waals surface area (Å²) in [6, 6.07) is 0.321. The van der Waals surface area contributed by atoms with Crippen molar-refractivity contribution in [3.8, 4) is 0 Å². The number of hydrogen-bond acceptors (Lipinski definition) is 3. The molecule has 3 heteroatoms. The van der Waals surface area contributed by atoms with Crippen LogP contribution < -0.4 is 5.84 Å². The second kappa shape index (κ2) is 4.06. The third-order valence-electron chi connectivity index (χ3n) is 0.763. The average molecular weight is 127 g/mol. The van der Waals surface area contributed by atoms with E-state index in [9.17, 15) is 0 Å². The third kappa shape index (κ3) is 5.00. The molecule has 52 valence electrons. The van der Waals surface area contributed by atoms with Gasteiger partial charge in [-0.3, -0.25) is 4.99 Å². The standard InChI is InChI=1S/C6H13N3/c1-5(2)8-4-6(3)9-7/h4-5H,7H2,1-3H3. The summed E-state index contributed by atoms with van der Waals surface area (Å²) in [7, 11) is 0. The first-order valence-electron chi connectivity index (χ1n) is 2.94. The molecule has 0 bridgehead atoms. The third-order valence-corrected chi connectivity index (χ3v) is 0.763. The maximum absolute atomic E-state index is 4.95. The molecule has 0 aliphatic heterocycles. The molecule has 0 aliphatic carbocycles. The predicted molar refractivity (Wildman–Crippen MR) is 40.9 cm³/mol. The van der Waals surface area contributed by atoms with E-state index in [0.29, 0.717) is 6.04 Å². The van der Waals surface area contributed by atoms with Crippen LogP contribution in [-0.4, -0.2) is 18.0 Å². The van der Waals surface area contributed by atoms with Crippen LogP contribution in [0.3, 0.4) is 0 Å². The van der Waals surface area contributed by atoms with Gasteiger partial charge in [0.1, 0.15) is 0 Å². The molecule has 0 saturated carbocycles. The van der Waals surface area contributed by atoms with Crippen LogP contribution in [0.1, 0.15) is 20.8 Å². The quantitative estimate of drug-likeness (QED) is 0.333. The topological polar surface area (TPSA) is 50.7 Å². The summed E-state index contributed by atoms with van der Waals surface area (Å²) in [6.07, 6.45) is 1.67. The minimum Gasteiger partial charge on any atom is -0.323 e. The maximum atomic E-state index is 4.95. The van der Waals surface area contributed by atoms with Gasteiger partial charge >= 0.3 is 0 Å². The second-order valence-electron chi connectivity index (χ2n) is 2.14. The molecule has 0 spiro atoms. The molecular formula is C6H13N3. The average Bonchev–Trinajstić information content (AvgIpc) is 1.83. The van der Waals surface area contributed by atoms with Crippen molar-refractivity contribution in [2.24, 2.45) is 15.9 Å². The Kier molecular flexibility index (Phi) is 3.67. The number of rotatable bonds is 2. The van der Waals surface area contributed by atoms with E-state index in [1.54, 1.807) is 6.21 Å². The molecule has 0 fully saturated rings. The van der Waals surface area contributed by atoms with Crippen molar-refractivity contribution in [2.45, 2.75) is 26.8 Å². The summed E-state index contributed by atoms with van der Waals surface area (Å²) < 4.78 is 0. The number of nitrogens with zero attached hydrogens (tertiary/aromatic N) is 2. The van der Waals surface area contributed by atoms with Crippen LogP contribution in [0.5, 0.6) is 0 Å². The Hall–Kier alpha value is -0.860. The van der Waals surface area contributed by atoms with Crippen LogP contribution in [0.2, 0.25) is 0 Å². The van der Waals surface area contributed by atoms with Crippen molar-refractivity contribution in [1.82, 2.24) is 0 Å². The minimum atomic E-state index is 0.321. The zero-order valence-electron chi connectivity index (χ0n) is 6.13. The molecule has 0 radical (unpaired) electrons. The van der Waals surface area contributed by atoms with Gasteiger partial charge in [-0.05, 0) is 20.8 Å². The summed E-state index contributed by atoms with van der Waals surface area (Å²) >= 11 is 0. The molecule has 0 saturated heterocycles. The van der Waals surface area contributed by atoms with Crippen LogP contribution >= 0.6 is 0 Å². The van der Waals surface area contributed by atoms with Gasteiger partial charge in [0.15, 0.2) is 0 Å². The first-order valence-corrected chi connectivity index (χ1v) is 2.94. The van der Waals surface area contributed by atoms with E-state index in [1.807, 2.05) is 20.8 Å². The van der Waals surface area contributed by atoms with Gasteiger partial charge in [0.05, 0.1) is 5.71 Å². The van der Waals surface area contributed by atoms with Gasteiger partial charge in [-0.1, -0.05) is 0 Å². The lowest BCUT2D eigenvalue weighted by molar-refractivity contribution is 0.842. The largest absolute Gasteiger partial charge is 0.323 e. The van der Waals surface area contributed by atoms with Crippen molar-refractivity contribution in [3.05, 3.63) is 0 Å². The van der Waals surface area contributed by atoms with Gasteiger partial charge in [0.25, 0.3) is 0 Å². The van der Waals surface area contributed by atoms with Gasteiger partial charge in [0.2, 0.25) is 0 Å². The van der Waals surface area contributed by atoms with Gasteiger partial charge in [0, 0.05) is 12.3 Å². The Morgan fingerprint density at radius 3 is 2.44 bits per heavy atom. The zero-order valence-corrected chi connectivity index (χ0v) is 6.13. The summed E-state index contributed by atoms with van der Waals surface area (Å²) in [5, 5.41) is 3.43. The molecule has 0 amide bonds. The van der Waals surface area contributed by atoms with E-state index < -0.39 is 0 Å². The molecule has 3 nitrogen and oxygen atoms in total. The first-order chi connectivity index (χ1) is 4.16. The Labute approximate surface area is 55.7 Å². The highest BCUT2D eigenvalue weighted by molar-refractivity contribution is 6.29. The van der Waals surface area contributed by atoms with Crippen molar-refractivity contribution in [2.75, 3.05) is 0 Å². The Morgan fingerprint density at radius 1 is 1.56 bits per heavy atom. The predicted octanol–water partition coefficient (Wildman–Crippen LogP) is 0.800. The van der Waals surface area contributed by atoms with Gasteiger partial charge in [-0.25, -0.2) is 0 Å². The number of hydrogen-bond donors (Lipinski definition) is 1. The lowest BCUT2D eigenvalue weighted by Gasteiger charge is -1.92. The monoisotopic (exact) mass is 127 g/mol. The highest BCUT2D eigenvalue weighted by Crippen LogP contribution is 1.82. The van der Waals surface area contributed by atoms with Crippen molar-refractivity contribution in [3.63, 3.8) is 0 Å². The maximum Gasteiger partial charge on any atom is 0.0747 e. The van der Waals surface area contributed by atoms with Crippen molar-refractivity contribution < 1.29 is 0 Å². The highest BCUT2D eigenvalue weighted by Gasteiger charge is 1.84. The Bertz CT molecular complexity index is 124. The normalized spacial score (nSPS) is 13.6. The Morgan fingerprint density at radius 2 is 2.11 bits per heavy atom. The van der Waals surface area contributed by atoms with E-state index in [0.717, 1.165) is 5.71 Å². The van der Waals surface area contributed by atoms with Gasteiger partial charge in [-0.15, -0.1) is 0 Å². The fourth-order valence-corrected chi connectivity index (χ4v) is 0.290. The Balaban J connectivity index is 3.71. The SMILES string of the molecule is CC(C=NC(C)C)=NN. The molecule has 2 N–H and O–H groups in total. The molecule has 0 unspecified atom stereocenters. The van der Waals surface area contributed by atoms with Crippen LogP contribution in [0.15, 0.2) is 10.1 Å². The van der Waals surface area contributed by atoms with Crippen LogP contribution in [0.4, 0.5) is 0 Å². The second-order valence-corrected chi connectivity index (χ2v) is 2.14. The molecule has 0 aromatic carbocycles. The molecule has 0 rings (SSSR count). The summed E-state index contributed by atoms with van der Waals surface area (Å²) in [4.78, 5) is 4.06. The molecule has 0 heterocycles. The first kappa shape index (κ1) is 8.14. The molecule has 9 heavy (non-hydrogen) atoms. The van der Waals surface area contributed by atoms with E-state index >= 15 is 0 Å². The molecule has 0 aromatic heterocycles. The smallest absolute Gasteiger partial charge is 0.0747 e. The van der Waals surface area contributed by atoms with E-state index in [4.69, 9.17) is 5.84 Å². The van der Waals surface area contributed by atoms with Crippen LogP contribution in [0.25, 0.3) is 0 Å². The van der Waals surface area contributed by atoms with Crippen LogP contribution in [0, 0.1) is 0 Å². The van der Waals surface area contributed by atoms with Crippen LogP contribution in [-0.2, 0) is 0 Å². The van der Waals surface area contributed by atoms with Crippen molar-refractivity contribution in [1.29, 1.82) is 0 Å². The number of hydrazone groups is 1. The highest BCUT2D eigenvalue weighted by atomic mass is 15.1. The fraction of sp³-hybridized carbons (Fsp3) is 0.667. The zero-order chi connectivity index (χ0) is 7.28. The van der Waals surface area contributed by atoms with Crippen molar-refractivity contribution >= 4 is 11.9 Å². The summed E-state index contributed by atoms with van der Waals surface area (Å²) in [5.74, 6) is 4.95. The number of aliphatic imine (C=N–C) groups is 1. The number of nitrogens with two attached hydrogens (primary N) is 1. The van der Waals surface area contributed by atoms with Gasteiger partial charge < -0.3 is 5.84 Å². The molecular weight excluding hydrogens is 114 g/mol. The summed E-state index contributed by atoms with van der Waals surface area (Å²) in [6.45, 7) is 5.81. The summed E-state index contributed by atoms with van der Waals surface area (Å²) in [5.41, 5.74) is 0.753. The van der Waals surface area contributed by atoms with E-state index in [1.165, 1.54) is 0 Å². The van der Waals surface area contributed by atoms with E-state index in [-0.39, 0.29) is 0 Å². The van der Waals surface area contributed by atoms with E-state index in [2.05, 4.69) is 10.1 Å². The molecule has 0 atom stereocenters. The van der Waals surface area contributed by atoms with Gasteiger partial charge in [-0.2, -0.15) is 5.10 Å². The molecule has 0 aliphatic rings. The fourth-order valence-electron chi connectivity index (χ4n) is 0.290. The lowest BCUT2D eigenvalue weighted by atomic mass is 10.4. The molecule has 0 aromatic rings.